The first-order valence-electron chi connectivity index (χ1n) is 5.86. The van der Waals surface area contributed by atoms with Crippen LogP contribution in [0.3, 0.4) is 0 Å². The lowest BCUT2D eigenvalue weighted by atomic mass is 9.93. The molecule has 3 nitrogen and oxygen atoms in total. The van der Waals surface area contributed by atoms with Gasteiger partial charge in [-0.2, -0.15) is 11.8 Å². The van der Waals surface area contributed by atoms with Crippen molar-refractivity contribution in [3.63, 3.8) is 0 Å². The second-order valence-corrected chi connectivity index (χ2v) is 6.04. The molecule has 3 atom stereocenters. The molecule has 3 unspecified atom stereocenters. The topological polar surface area (TPSA) is 41.5 Å². The molecule has 0 aromatic carbocycles. The maximum Gasteiger partial charge on any atom is 0.0700 e. The zero-order chi connectivity index (χ0) is 10.7. The lowest BCUT2D eigenvalue weighted by Crippen LogP contribution is -2.54. The second-order valence-electron chi connectivity index (χ2n) is 4.59. The molecule has 0 aromatic heterocycles. The maximum absolute atomic E-state index is 9.54. The lowest BCUT2D eigenvalue weighted by Gasteiger charge is -2.33. The Balaban J connectivity index is 1.84. The number of hydrogen-bond acceptors (Lipinski definition) is 4. The Labute approximate surface area is 96.0 Å². The Morgan fingerprint density at radius 1 is 1.60 bits per heavy atom. The first-order valence-corrected chi connectivity index (χ1v) is 6.91. The number of rotatable bonds is 4. The standard InChI is InChI=1S/C11H21NO2S/c1-9-11(8-13,4-6-15-9)12-7-10-3-2-5-14-10/h9-10,12-13H,2-8H2,1H3. The summed E-state index contributed by atoms with van der Waals surface area (Å²) in [7, 11) is 0. The molecule has 88 valence electrons. The minimum Gasteiger partial charge on any atom is -0.394 e. The maximum atomic E-state index is 9.54. The predicted molar refractivity (Wildman–Crippen MR) is 63.3 cm³/mol. The first-order chi connectivity index (χ1) is 7.27. The molecule has 0 saturated carbocycles. The molecule has 0 radical (unpaired) electrons. The Bertz CT molecular complexity index is 209. The van der Waals surface area contributed by atoms with E-state index in [1.165, 1.54) is 6.42 Å². The normalized spacial score (nSPS) is 41.2. The second kappa shape index (κ2) is 5.04. The van der Waals surface area contributed by atoms with Crippen LogP contribution >= 0.6 is 11.8 Å². The minimum absolute atomic E-state index is 0.0589. The first kappa shape index (κ1) is 11.7. The summed E-state index contributed by atoms with van der Waals surface area (Å²) in [5.41, 5.74) is -0.0589. The largest absolute Gasteiger partial charge is 0.394 e. The van der Waals surface area contributed by atoms with E-state index >= 15 is 0 Å². The molecule has 0 spiro atoms. The van der Waals surface area contributed by atoms with E-state index < -0.39 is 0 Å². The molecule has 0 amide bonds. The van der Waals surface area contributed by atoms with E-state index in [1.54, 1.807) is 0 Å². The molecule has 2 aliphatic heterocycles. The summed E-state index contributed by atoms with van der Waals surface area (Å²) in [6, 6.07) is 0. The Morgan fingerprint density at radius 3 is 3.00 bits per heavy atom. The van der Waals surface area contributed by atoms with Gasteiger partial charge < -0.3 is 15.2 Å². The summed E-state index contributed by atoms with van der Waals surface area (Å²) in [6.45, 7) is 4.25. The van der Waals surface area contributed by atoms with Crippen LogP contribution in [0, 0.1) is 0 Å². The van der Waals surface area contributed by atoms with Crippen molar-refractivity contribution in [1.29, 1.82) is 0 Å². The Kier molecular flexibility index (Phi) is 3.93. The Morgan fingerprint density at radius 2 is 2.47 bits per heavy atom. The quantitative estimate of drug-likeness (QED) is 0.758. The van der Waals surface area contributed by atoms with Gasteiger partial charge in [-0.05, 0) is 25.0 Å². The predicted octanol–water partition coefficient (Wildman–Crippen LogP) is 1.01. The fourth-order valence-electron chi connectivity index (χ4n) is 2.40. The van der Waals surface area contributed by atoms with Gasteiger partial charge in [0.05, 0.1) is 18.2 Å². The van der Waals surface area contributed by atoms with Crippen molar-refractivity contribution in [2.24, 2.45) is 0 Å². The van der Waals surface area contributed by atoms with Crippen molar-refractivity contribution >= 4 is 11.8 Å². The number of hydrogen-bond donors (Lipinski definition) is 2. The fourth-order valence-corrected chi connectivity index (χ4v) is 3.83. The average molecular weight is 231 g/mol. The molecular weight excluding hydrogens is 210 g/mol. The van der Waals surface area contributed by atoms with Gasteiger partial charge in [-0.15, -0.1) is 0 Å². The minimum atomic E-state index is -0.0589. The Hall–Kier alpha value is 0.230. The van der Waals surface area contributed by atoms with Crippen LogP contribution in [0.2, 0.25) is 0 Å². The number of ether oxygens (including phenoxy) is 1. The molecule has 15 heavy (non-hydrogen) atoms. The van der Waals surface area contributed by atoms with Crippen LogP contribution in [-0.2, 0) is 4.74 Å². The van der Waals surface area contributed by atoms with E-state index in [-0.39, 0.29) is 12.1 Å². The van der Waals surface area contributed by atoms with Crippen molar-refractivity contribution < 1.29 is 9.84 Å². The van der Waals surface area contributed by atoms with Gasteiger partial charge in [0.15, 0.2) is 0 Å². The highest BCUT2D eigenvalue weighted by molar-refractivity contribution is 8.00. The lowest BCUT2D eigenvalue weighted by molar-refractivity contribution is 0.0884. The van der Waals surface area contributed by atoms with Crippen LogP contribution in [0.25, 0.3) is 0 Å². The van der Waals surface area contributed by atoms with Gasteiger partial charge in [0, 0.05) is 18.4 Å². The van der Waals surface area contributed by atoms with E-state index in [9.17, 15) is 5.11 Å². The van der Waals surface area contributed by atoms with Crippen molar-refractivity contribution in [3.8, 4) is 0 Å². The SMILES string of the molecule is CC1SCCC1(CO)NCC1CCCO1. The van der Waals surface area contributed by atoms with Crippen LogP contribution < -0.4 is 5.32 Å². The molecule has 0 bridgehead atoms. The highest BCUT2D eigenvalue weighted by Crippen LogP contribution is 2.35. The zero-order valence-corrected chi connectivity index (χ0v) is 10.2. The third-order valence-corrected chi connectivity index (χ3v) is 5.07. The van der Waals surface area contributed by atoms with Crippen molar-refractivity contribution in [2.45, 2.75) is 43.1 Å². The summed E-state index contributed by atoms with van der Waals surface area (Å²) in [4.78, 5) is 0. The van der Waals surface area contributed by atoms with Gasteiger partial charge in [0.1, 0.15) is 0 Å². The van der Waals surface area contributed by atoms with E-state index in [4.69, 9.17) is 4.74 Å². The molecule has 2 saturated heterocycles. The molecule has 2 heterocycles. The fraction of sp³-hybridized carbons (Fsp3) is 1.00. The van der Waals surface area contributed by atoms with Gasteiger partial charge in [0.25, 0.3) is 0 Å². The molecule has 0 aliphatic carbocycles. The van der Waals surface area contributed by atoms with E-state index in [1.807, 2.05) is 11.8 Å². The van der Waals surface area contributed by atoms with Crippen molar-refractivity contribution in [3.05, 3.63) is 0 Å². The molecular formula is C11H21NO2S. The molecule has 2 aliphatic rings. The zero-order valence-electron chi connectivity index (χ0n) is 9.37. The van der Waals surface area contributed by atoms with Crippen LogP contribution in [0.15, 0.2) is 0 Å². The third-order valence-electron chi connectivity index (χ3n) is 3.68. The highest BCUT2D eigenvalue weighted by atomic mass is 32.2. The summed E-state index contributed by atoms with van der Waals surface area (Å²) in [5, 5.41) is 13.6. The monoisotopic (exact) mass is 231 g/mol. The van der Waals surface area contributed by atoms with Crippen LogP contribution in [0.5, 0.6) is 0 Å². The highest BCUT2D eigenvalue weighted by Gasteiger charge is 2.40. The van der Waals surface area contributed by atoms with Gasteiger partial charge in [0.2, 0.25) is 0 Å². The summed E-state index contributed by atoms with van der Waals surface area (Å²) >= 11 is 1.95. The number of aliphatic hydroxyl groups excluding tert-OH is 1. The number of thioether (sulfide) groups is 1. The van der Waals surface area contributed by atoms with E-state index in [0.29, 0.717) is 11.4 Å². The summed E-state index contributed by atoms with van der Waals surface area (Å²) in [6.07, 6.45) is 3.78. The number of aliphatic hydroxyl groups is 1. The van der Waals surface area contributed by atoms with Gasteiger partial charge in [-0.3, -0.25) is 0 Å². The third kappa shape index (κ3) is 2.49. The van der Waals surface area contributed by atoms with Crippen molar-refractivity contribution in [1.82, 2.24) is 5.32 Å². The average Bonchev–Trinajstić information content (AvgIpc) is 2.85. The molecule has 4 heteroatoms. The summed E-state index contributed by atoms with van der Waals surface area (Å²) in [5.74, 6) is 1.15. The van der Waals surface area contributed by atoms with Crippen LogP contribution in [0.4, 0.5) is 0 Å². The van der Waals surface area contributed by atoms with Crippen LogP contribution in [-0.4, -0.2) is 47.5 Å². The smallest absolute Gasteiger partial charge is 0.0700 e. The molecule has 2 fully saturated rings. The molecule has 2 rings (SSSR count). The van der Waals surface area contributed by atoms with E-state index in [2.05, 4.69) is 12.2 Å². The summed E-state index contributed by atoms with van der Waals surface area (Å²) < 4.78 is 5.59. The van der Waals surface area contributed by atoms with Crippen molar-refractivity contribution in [2.75, 3.05) is 25.5 Å². The molecule has 0 aromatic rings. The molecule has 2 N–H and O–H groups in total. The number of nitrogens with one attached hydrogen (secondary N) is 1. The van der Waals surface area contributed by atoms with Gasteiger partial charge in [-0.1, -0.05) is 6.92 Å². The van der Waals surface area contributed by atoms with E-state index in [0.717, 1.165) is 31.7 Å². The van der Waals surface area contributed by atoms with Gasteiger partial charge in [-0.25, -0.2) is 0 Å². The van der Waals surface area contributed by atoms with Gasteiger partial charge >= 0.3 is 0 Å². The van der Waals surface area contributed by atoms with Crippen LogP contribution in [0.1, 0.15) is 26.2 Å².